The normalized spacial score (nSPS) is 17.8. The van der Waals surface area contributed by atoms with Crippen LogP contribution in [-0.4, -0.2) is 34.8 Å². The molecule has 0 saturated carbocycles. The van der Waals surface area contributed by atoms with E-state index in [-0.39, 0.29) is 11.9 Å². The predicted molar refractivity (Wildman–Crippen MR) is 86.0 cm³/mol. The van der Waals surface area contributed by atoms with Crippen molar-refractivity contribution >= 4 is 23.2 Å². The SMILES string of the molecule is CC1CC(=O)N(C)C(N)=N1.c1csc(-c2ccncc2)c1. The van der Waals surface area contributed by atoms with E-state index in [0.29, 0.717) is 12.4 Å². The first-order valence-corrected chi connectivity index (χ1v) is 7.49. The standard InChI is InChI=1S/C9H7NS.C6H11N3O/c1-2-9(11-7-1)8-3-5-10-6-4-8;1-4-3-5(10)9(2)6(7)8-4/h1-7H;4H,3H2,1-2H3,(H2,7,8). The third-order valence-electron chi connectivity index (χ3n) is 3.03. The van der Waals surface area contributed by atoms with Gasteiger partial charge in [-0.2, -0.15) is 0 Å². The third kappa shape index (κ3) is 4.13. The van der Waals surface area contributed by atoms with Gasteiger partial charge in [-0.1, -0.05) is 6.07 Å². The van der Waals surface area contributed by atoms with Gasteiger partial charge in [0.05, 0.1) is 6.04 Å². The van der Waals surface area contributed by atoms with Crippen LogP contribution in [0.2, 0.25) is 0 Å². The molecule has 3 heterocycles. The summed E-state index contributed by atoms with van der Waals surface area (Å²) >= 11 is 1.75. The molecule has 0 spiro atoms. The van der Waals surface area contributed by atoms with Crippen LogP contribution >= 0.6 is 11.3 Å². The molecule has 5 nitrogen and oxygen atoms in total. The average molecular weight is 302 g/mol. The minimum atomic E-state index is 0.0417. The summed E-state index contributed by atoms with van der Waals surface area (Å²) in [7, 11) is 1.63. The van der Waals surface area contributed by atoms with Gasteiger partial charge >= 0.3 is 0 Å². The van der Waals surface area contributed by atoms with E-state index in [1.807, 2.05) is 31.5 Å². The third-order valence-corrected chi connectivity index (χ3v) is 3.95. The maximum absolute atomic E-state index is 11.0. The highest BCUT2D eigenvalue weighted by molar-refractivity contribution is 7.13. The predicted octanol–water partition coefficient (Wildman–Crippen LogP) is 2.36. The van der Waals surface area contributed by atoms with Crippen molar-refractivity contribution in [1.82, 2.24) is 9.88 Å². The lowest BCUT2D eigenvalue weighted by atomic mass is 10.2. The second-order valence-corrected chi connectivity index (χ2v) is 5.65. The summed E-state index contributed by atoms with van der Waals surface area (Å²) in [5.74, 6) is 0.365. The van der Waals surface area contributed by atoms with E-state index in [0.717, 1.165) is 0 Å². The lowest BCUT2D eigenvalue weighted by Crippen LogP contribution is -2.44. The summed E-state index contributed by atoms with van der Waals surface area (Å²) in [4.78, 5) is 21.6. The van der Waals surface area contributed by atoms with Crippen molar-refractivity contribution in [3.63, 3.8) is 0 Å². The van der Waals surface area contributed by atoms with Crippen molar-refractivity contribution < 1.29 is 4.79 Å². The maximum atomic E-state index is 11.0. The molecular weight excluding hydrogens is 284 g/mol. The summed E-state index contributed by atoms with van der Waals surface area (Å²) < 4.78 is 0. The number of nitrogens with zero attached hydrogens (tertiary/aromatic N) is 3. The Bertz CT molecular complexity index is 610. The molecule has 2 aromatic rings. The zero-order chi connectivity index (χ0) is 15.2. The molecule has 0 radical (unpaired) electrons. The Kier molecular flexibility index (Phi) is 5.05. The van der Waals surface area contributed by atoms with E-state index in [1.165, 1.54) is 15.3 Å². The molecule has 0 aromatic carbocycles. The topological polar surface area (TPSA) is 71.6 Å². The molecule has 2 aromatic heterocycles. The zero-order valence-corrected chi connectivity index (χ0v) is 12.9. The first-order valence-electron chi connectivity index (χ1n) is 6.61. The van der Waals surface area contributed by atoms with E-state index >= 15 is 0 Å². The molecule has 1 aliphatic heterocycles. The average Bonchev–Trinajstić information content (AvgIpc) is 3.00. The van der Waals surface area contributed by atoms with Gasteiger partial charge in [-0.25, -0.2) is 4.99 Å². The van der Waals surface area contributed by atoms with Gasteiger partial charge in [0.25, 0.3) is 0 Å². The Morgan fingerprint density at radius 1 is 1.33 bits per heavy atom. The number of rotatable bonds is 1. The Morgan fingerprint density at radius 2 is 2.05 bits per heavy atom. The van der Waals surface area contributed by atoms with Gasteiger partial charge in [0.1, 0.15) is 0 Å². The summed E-state index contributed by atoms with van der Waals surface area (Å²) in [5.41, 5.74) is 6.66. The van der Waals surface area contributed by atoms with Gasteiger partial charge in [0.2, 0.25) is 5.91 Å². The Balaban J connectivity index is 0.000000155. The second-order valence-electron chi connectivity index (χ2n) is 4.71. The number of hydrogen-bond donors (Lipinski definition) is 1. The minimum Gasteiger partial charge on any atom is -0.369 e. The van der Waals surface area contributed by atoms with Gasteiger partial charge in [-0.15, -0.1) is 11.3 Å². The Morgan fingerprint density at radius 3 is 2.62 bits per heavy atom. The molecular formula is C15H18N4OS. The summed E-state index contributed by atoms with van der Waals surface area (Å²) in [6, 6.07) is 8.25. The molecule has 21 heavy (non-hydrogen) atoms. The molecule has 3 rings (SSSR count). The number of guanidine groups is 1. The van der Waals surface area contributed by atoms with Gasteiger partial charge in [0, 0.05) is 30.7 Å². The number of carbonyl (C=O) groups excluding carboxylic acids is 1. The molecule has 2 N–H and O–H groups in total. The fourth-order valence-corrected chi connectivity index (χ4v) is 2.57. The van der Waals surface area contributed by atoms with Crippen molar-refractivity contribution in [1.29, 1.82) is 0 Å². The van der Waals surface area contributed by atoms with Crippen LogP contribution in [0.5, 0.6) is 0 Å². The fraction of sp³-hybridized carbons (Fsp3) is 0.267. The van der Waals surface area contributed by atoms with Crippen LogP contribution in [0.15, 0.2) is 47.0 Å². The minimum absolute atomic E-state index is 0.0417. The summed E-state index contributed by atoms with van der Waals surface area (Å²) in [5, 5.41) is 2.08. The van der Waals surface area contributed by atoms with Crippen molar-refractivity contribution in [2.24, 2.45) is 10.7 Å². The van der Waals surface area contributed by atoms with E-state index in [9.17, 15) is 4.79 Å². The van der Waals surface area contributed by atoms with Gasteiger partial charge in [0.15, 0.2) is 5.96 Å². The molecule has 0 fully saturated rings. The quantitative estimate of drug-likeness (QED) is 0.879. The molecule has 1 aliphatic rings. The molecule has 0 saturated heterocycles. The molecule has 6 heteroatoms. The van der Waals surface area contributed by atoms with Crippen LogP contribution in [0.4, 0.5) is 0 Å². The van der Waals surface area contributed by atoms with E-state index in [1.54, 1.807) is 18.4 Å². The molecule has 0 bridgehead atoms. The van der Waals surface area contributed by atoms with Crippen LogP contribution in [0.25, 0.3) is 10.4 Å². The summed E-state index contributed by atoms with van der Waals surface area (Å²) in [6.07, 6.45) is 4.10. The first kappa shape index (κ1) is 15.2. The monoisotopic (exact) mass is 302 g/mol. The van der Waals surface area contributed by atoms with Crippen LogP contribution in [0.1, 0.15) is 13.3 Å². The molecule has 110 valence electrons. The van der Waals surface area contributed by atoms with E-state index in [4.69, 9.17) is 5.73 Å². The second kappa shape index (κ2) is 6.99. The summed E-state index contributed by atoms with van der Waals surface area (Å²) in [6.45, 7) is 1.87. The van der Waals surface area contributed by atoms with Crippen LogP contribution in [-0.2, 0) is 4.79 Å². The van der Waals surface area contributed by atoms with Crippen LogP contribution in [0, 0.1) is 0 Å². The van der Waals surface area contributed by atoms with Crippen molar-refractivity contribution in [2.45, 2.75) is 19.4 Å². The van der Waals surface area contributed by atoms with Gasteiger partial charge < -0.3 is 5.73 Å². The van der Waals surface area contributed by atoms with E-state index in [2.05, 4.69) is 27.5 Å². The van der Waals surface area contributed by atoms with Gasteiger partial charge in [-0.3, -0.25) is 14.7 Å². The number of carbonyl (C=O) groups is 1. The fourth-order valence-electron chi connectivity index (χ4n) is 1.83. The number of amides is 1. The van der Waals surface area contributed by atoms with E-state index < -0.39 is 0 Å². The molecule has 1 atom stereocenters. The number of aliphatic imine (C=N–C) groups is 1. The lowest BCUT2D eigenvalue weighted by Gasteiger charge is -2.23. The number of nitrogens with two attached hydrogens (primary N) is 1. The molecule has 1 amide bonds. The van der Waals surface area contributed by atoms with Crippen LogP contribution in [0.3, 0.4) is 0 Å². The van der Waals surface area contributed by atoms with Crippen molar-refractivity contribution in [2.75, 3.05) is 7.05 Å². The maximum Gasteiger partial charge on any atom is 0.231 e. The number of aromatic nitrogens is 1. The zero-order valence-electron chi connectivity index (χ0n) is 12.1. The Hall–Kier alpha value is -2.21. The molecule has 0 aliphatic carbocycles. The highest BCUT2D eigenvalue weighted by atomic mass is 32.1. The largest absolute Gasteiger partial charge is 0.369 e. The smallest absolute Gasteiger partial charge is 0.231 e. The van der Waals surface area contributed by atoms with Crippen molar-refractivity contribution in [3.05, 3.63) is 42.0 Å². The number of thiophene rings is 1. The van der Waals surface area contributed by atoms with Gasteiger partial charge in [-0.05, 0) is 36.1 Å². The lowest BCUT2D eigenvalue weighted by molar-refractivity contribution is -0.127. The first-order chi connectivity index (χ1) is 10.1. The van der Waals surface area contributed by atoms with Crippen molar-refractivity contribution in [3.8, 4) is 10.4 Å². The highest BCUT2D eigenvalue weighted by Gasteiger charge is 2.20. The molecule has 1 unspecified atom stereocenters. The highest BCUT2D eigenvalue weighted by Crippen LogP contribution is 2.22. The Labute approximate surface area is 128 Å². The van der Waals surface area contributed by atoms with Crippen LogP contribution < -0.4 is 5.73 Å². The number of hydrogen-bond acceptors (Lipinski definition) is 5. The number of pyridine rings is 1.